The summed E-state index contributed by atoms with van der Waals surface area (Å²) in [6.45, 7) is 60.9. The number of benzene rings is 4. The predicted molar refractivity (Wildman–Crippen MR) is 353 cm³/mol. The second kappa shape index (κ2) is 29.8. The van der Waals surface area contributed by atoms with Crippen molar-refractivity contribution in [3.63, 3.8) is 0 Å². The van der Waals surface area contributed by atoms with Crippen LogP contribution in [0.1, 0.15) is 253 Å². The maximum atomic E-state index is 11.3. The van der Waals surface area contributed by atoms with E-state index in [1.165, 1.54) is 54.4 Å². The smallest absolute Gasteiger partial charge is 0.397 e. The van der Waals surface area contributed by atoms with Gasteiger partial charge in [-0.05, 0) is 122 Å². The first-order chi connectivity index (χ1) is 37.9. The summed E-state index contributed by atoms with van der Waals surface area (Å²) in [5.41, 5.74) is 12.2. The first-order valence-electron chi connectivity index (χ1n) is 30.1. The van der Waals surface area contributed by atoms with Crippen molar-refractivity contribution in [2.45, 2.75) is 237 Å². The Labute approximate surface area is 503 Å². The third-order valence-corrected chi connectivity index (χ3v) is 17.4. The number of unbranched alkanes of at least 4 members (excludes halogenated alkanes) is 5. The van der Waals surface area contributed by atoms with Crippen LogP contribution in [-0.2, 0) is 61.5 Å². The van der Waals surface area contributed by atoms with Crippen molar-refractivity contribution in [1.29, 1.82) is 0 Å². The summed E-state index contributed by atoms with van der Waals surface area (Å²) < 4.78 is 49.5. The Bertz CT molecular complexity index is 2610. The van der Waals surface area contributed by atoms with Gasteiger partial charge in [-0.25, -0.2) is 0 Å². The molecule has 2 fully saturated rings. The number of rotatable bonds is 18. The molecule has 0 radical (unpaired) electrons. The molecule has 1 spiro atoms. The summed E-state index contributed by atoms with van der Waals surface area (Å²) in [5.74, 6) is 2.72. The molecule has 2 heterocycles. The molecule has 0 aliphatic carbocycles. The lowest BCUT2D eigenvalue weighted by Gasteiger charge is -2.41. The largest absolute Gasteiger partial charge is 0.507 e. The lowest BCUT2D eigenvalue weighted by molar-refractivity contribution is -0.0673. The molecule has 82 heavy (non-hydrogen) atoms. The monoisotopic (exact) mass is 1190 g/mol. The average Bonchev–Trinajstić information content (AvgIpc) is 3.58. The van der Waals surface area contributed by atoms with Crippen LogP contribution in [-0.4, -0.2) is 38.1 Å². The number of phenolic OH excluding ortho intramolecular Hbond substituents is 1. The maximum absolute atomic E-state index is 11.3. The molecule has 9 nitrogen and oxygen atoms in total. The van der Waals surface area contributed by atoms with Gasteiger partial charge >= 0.3 is 17.2 Å². The quantitative estimate of drug-likeness (QED) is 0.0772. The third-order valence-electron chi connectivity index (χ3n) is 14.7. The maximum Gasteiger partial charge on any atom is 0.397 e. The Morgan fingerprint density at radius 2 is 0.915 bits per heavy atom. The van der Waals surface area contributed by atoms with Gasteiger partial charge in [0.15, 0.2) is 0 Å². The Morgan fingerprint density at radius 1 is 0.524 bits per heavy atom. The van der Waals surface area contributed by atoms with Gasteiger partial charge in [-0.15, -0.1) is 0 Å². The number of phenols is 1. The molecule has 1 atom stereocenters. The minimum Gasteiger partial charge on any atom is -0.507 e. The average molecular weight is 1190 g/mol. The summed E-state index contributed by atoms with van der Waals surface area (Å²) in [6.07, 6.45) is 7.93. The highest BCUT2D eigenvalue weighted by molar-refractivity contribution is 7.42. The topological polar surface area (TPSA) is 94.1 Å². The van der Waals surface area contributed by atoms with Gasteiger partial charge in [-0.3, -0.25) is 0 Å². The van der Waals surface area contributed by atoms with Gasteiger partial charge in [0, 0.05) is 28.7 Å². The number of aromatic hydroxyl groups is 1. The highest BCUT2D eigenvalue weighted by atomic mass is 31.2. The fourth-order valence-electron chi connectivity index (χ4n) is 9.22. The Kier molecular flexibility index (Phi) is 25.9. The van der Waals surface area contributed by atoms with Crippen LogP contribution in [0.2, 0.25) is 0 Å². The standard InChI is InChI=1S/C35H53O3P.C33H50O6P2.C2H6/c1-12-13-14-15-16-17-18-37-39-38-33-27(21-29(35(9,10)11)23-31(33)25(4)5)19-26-20-28(34(6,7)8)22-30(24(2)3)32(26)36;1-29(2,3)23-13-15-27(25(17-23)31(7,8)9)38-40-34-19-33(20-35-40)21-36-41(37-22-33)39-28-16-14-24(30(4,5)6)18-26(28)32(10,11)12;1-2/h20-23,36,39H,2,4,12-19H2,1,3,5-11H3;13-18H,19-22H2,1-12H3;1-2H3. The van der Waals surface area contributed by atoms with Gasteiger partial charge in [-0.2, -0.15) is 0 Å². The second-order valence-corrected chi connectivity index (χ2v) is 31.7. The summed E-state index contributed by atoms with van der Waals surface area (Å²) in [5, 5.41) is 11.3. The summed E-state index contributed by atoms with van der Waals surface area (Å²) in [6, 6.07) is 21.5. The van der Waals surface area contributed by atoms with Crippen LogP contribution in [0.5, 0.6) is 23.0 Å². The van der Waals surface area contributed by atoms with Crippen LogP contribution in [0.25, 0.3) is 11.1 Å². The zero-order valence-corrected chi connectivity index (χ0v) is 58.1. The van der Waals surface area contributed by atoms with Crippen molar-refractivity contribution in [3.05, 3.63) is 129 Å². The molecule has 2 saturated heterocycles. The molecular formula is C70H109O9P3. The van der Waals surface area contributed by atoms with E-state index in [1.807, 2.05) is 27.7 Å². The molecule has 1 N–H and O–H groups in total. The van der Waals surface area contributed by atoms with E-state index in [-0.39, 0.29) is 46.9 Å². The molecule has 0 amide bonds. The van der Waals surface area contributed by atoms with E-state index in [1.54, 1.807) is 0 Å². The van der Waals surface area contributed by atoms with Crippen LogP contribution < -0.4 is 13.6 Å². The Balaban J connectivity index is 0.000000343. The van der Waals surface area contributed by atoms with Crippen molar-refractivity contribution in [1.82, 2.24) is 0 Å². The van der Waals surface area contributed by atoms with Crippen molar-refractivity contribution < 1.29 is 41.3 Å². The lowest BCUT2D eigenvalue weighted by atomic mass is 9.80. The fraction of sp³-hybridized carbons (Fsp3) is 0.600. The van der Waals surface area contributed by atoms with Crippen molar-refractivity contribution >= 4 is 37.4 Å². The van der Waals surface area contributed by atoms with Crippen molar-refractivity contribution in [2.24, 2.45) is 5.41 Å². The fourth-order valence-corrected chi connectivity index (χ4v) is 12.4. The molecular weight excluding hydrogens is 1080 g/mol. The van der Waals surface area contributed by atoms with E-state index in [9.17, 15) is 5.11 Å². The first-order valence-corrected chi connectivity index (χ1v) is 33.1. The summed E-state index contributed by atoms with van der Waals surface area (Å²) in [7, 11) is -3.12. The van der Waals surface area contributed by atoms with Crippen LogP contribution in [0.4, 0.5) is 0 Å². The highest BCUT2D eigenvalue weighted by Crippen LogP contribution is 2.55. The zero-order valence-electron chi connectivity index (χ0n) is 55.3. The summed E-state index contributed by atoms with van der Waals surface area (Å²) >= 11 is 0. The summed E-state index contributed by atoms with van der Waals surface area (Å²) in [4.78, 5) is 0. The molecule has 0 saturated carbocycles. The molecule has 1 unspecified atom stereocenters. The normalized spacial score (nSPS) is 18.1. The van der Waals surface area contributed by atoms with Gasteiger partial charge in [0.05, 0.1) is 38.4 Å². The predicted octanol–water partition coefficient (Wildman–Crippen LogP) is 21.8. The second-order valence-electron chi connectivity index (χ2n) is 28.7. The van der Waals surface area contributed by atoms with Crippen LogP contribution in [0.15, 0.2) is 73.8 Å². The van der Waals surface area contributed by atoms with Gasteiger partial charge in [0.25, 0.3) is 0 Å². The highest BCUT2D eigenvalue weighted by Gasteiger charge is 2.45. The molecule has 4 aromatic carbocycles. The van der Waals surface area contributed by atoms with Gasteiger partial charge in [-0.1, -0.05) is 227 Å². The molecule has 0 bridgehead atoms. The number of hydrogen-bond acceptors (Lipinski definition) is 9. The van der Waals surface area contributed by atoms with Gasteiger partial charge < -0.3 is 41.3 Å². The first kappa shape index (κ1) is 71.1. The third kappa shape index (κ3) is 20.7. The number of allylic oxidation sites excluding steroid dienone is 2. The molecule has 0 aromatic heterocycles. The molecule has 2 aliphatic heterocycles. The zero-order chi connectivity index (χ0) is 61.8. The number of hydrogen-bond donors (Lipinski definition) is 1. The minimum absolute atomic E-state index is 0.0494. The van der Waals surface area contributed by atoms with Gasteiger partial charge in [0.1, 0.15) is 23.0 Å². The molecule has 6 rings (SSSR count). The Hall–Kier alpha value is -3.35. The van der Waals surface area contributed by atoms with E-state index < -0.39 is 17.2 Å². The van der Waals surface area contributed by atoms with Gasteiger partial charge in [0.2, 0.25) is 9.03 Å². The van der Waals surface area contributed by atoms with Crippen molar-refractivity contribution in [3.8, 4) is 23.0 Å². The van der Waals surface area contributed by atoms with E-state index in [2.05, 4.69) is 205 Å². The molecule has 458 valence electrons. The SMILES string of the molecule is C=C(C)c1cc(C(C)(C)C)cc(Cc2cc(C(C)(C)C)cc(C(=C)C)c2OPOCCCCCCCC)c1O.CC.CC(C)(C)c1ccc(OP2OCC3(CO2)COP(Oc2ccc(C(C)(C)C)cc2C(C)(C)C)OC3)c(C(C)(C)C)c1. The van der Waals surface area contributed by atoms with E-state index in [0.717, 1.165) is 68.2 Å². The van der Waals surface area contributed by atoms with E-state index in [4.69, 9.17) is 36.2 Å². The van der Waals surface area contributed by atoms with E-state index in [0.29, 0.717) is 45.2 Å². The molecule has 2 aliphatic rings. The molecule has 12 heteroatoms. The Morgan fingerprint density at radius 3 is 1.30 bits per heavy atom. The van der Waals surface area contributed by atoms with Crippen LogP contribution in [0, 0.1) is 5.41 Å². The van der Waals surface area contributed by atoms with Crippen molar-refractivity contribution in [2.75, 3.05) is 33.0 Å². The van der Waals surface area contributed by atoms with E-state index >= 15 is 0 Å². The van der Waals surface area contributed by atoms with Crippen LogP contribution >= 0.6 is 26.2 Å². The lowest BCUT2D eigenvalue weighted by Crippen LogP contribution is -2.45. The minimum atomic E-state index is -1.52. The molecule has 4 aromatic rings. The van der Waals surface area contributed by atoms with Crippen LogP contribution in [0.3, 0.4) is 0 Å².